The second kappa shape index (κ2) is 5.21. The van der Waals surface area contributed by atoms with Crippen LogP contribution >= 0.6 is 11.3 Å². The summed E-state index contributed by atoms with van der Waals surface area (Å²) in [6.07, 6.45) is 4.25. The van der Waals surface area contributed by atoms with E-state index in [1.165, 1.54) is 21.7 Å². The Kier molecular flexibility index (Phi) is 3.42. The van der Waals surface area contributed by atoms with Gasteiger partial charge >= 0.3 is 0 Å². The second-order valence-corrected chi connectivity index (χ2v) is 6.00. The molecular formula is C15H19N3S. The Morgan fingerprint density at radius 3 is 3.16 bits per heavy atom. The maximum absolute atomic E-state index is 4.44. The van der Waals surface area contributed by atoms with Crippen LogP contribution in [0.2, 0.25) is 0 Å². The van der Waals surface area contributed by atoms with E-state index in [9.17, 15) is 0 Å². The minimum atomic E-state index is 0.988. The monoisotopic (exact) mass is 273 g/mol. The molecule has 1 aliphatic rings. The molecule has 0 spiro atoms. The summed E-state index contributed by atoms with van der Waals surface area (Å²) < 4.78 is 0. The van der Waals surface area contributed by atoms with Crippen LogP contribution in [0.4, 0.5) is 10.8 Å². The fourth-order valence-electron chi connectivity index (χ4n) is 2.44. The quantitative estimate of drug-likeness (QED) is 0.922. The molecule has 100 valence electrons. The molecule has 0 amide bonds. The number of fused-ring (bicyclic) bond motifs is 1. The zero-order valence-electron chi connectivity index (χ0n) is 11.4. The summed E-state index contributed by atoms with van der Waals surface area (Å²) in [4.78, 5) is 8.00. The Bertz CT molecular complexity index is 577. The van der Waals surface area contributed by atoms with E-state index in [1.807, 2.05) is 6.20 Å². The Balaban J connectivity index is 1.84. The van der Waals surface area contributed by atoms with Gasteiger partial charge in [-0.15, -0.1) is 0 Å². The molecule has 0 radical (unpaired) electrons. The zero-order valence-corrected chi connectivity index (χ0v) is 12.3. The van der Waals surface area contributed by atoms with E-state index in [0.717, 1.165) is 31.1 Å². The Hall–Kier alpha value is -1.55. The molecule has 1 N–H and O–H groups in total. The van der Waals surface area contributed by atoms with Crippen LogP contribution in [0.5, 0.6) is 0 Å². The SMILES string of the molecule is CCCNc1ncc(-c2ccc3c(c2)CCN3C)s1. The van der Waals surface area contributed by atoms with Crippen LogP contribution in [-0.2, 0) is 6.42 Å². The summed E-state index contributed by atoms with van der Waals surface area (Å²) in [5.74, 6) is 0. The van der Waals surface area contributed by atoms with Gasteiger partial charge in [0.15, 0.2) is 5.13 Å². The number of nitrogens with zero attached hydrogens (tertiary/aromatic N) is 2. The predicted octanol–water partition coefficient (Wildman–Crippen LogP) is 3.62. The molecule has 0 unspecified atom stereocenters. The Morgan fingerprint density at radius 1 is 1.42 bits per heavy atom. The zero-order chi connectivity index (χ0) is 13.2. The van der Waals surface area contributed by atoms with E-state index >= 15 is 0 Å². The molecule has 0 bridgehead atoms. The van der Waals surface area contributed by atoms with Crippen LogP contribution in [0.15, 0.2) is 24.4 Å². The lowest BCUT2D eigenvalue weighted by atomic mass is 10.1. The molecule has 19 heavy (non-hydrogen) atoms. The average Bonchev–Trinajstić information content (AvgIpc) is 3.04. The summed E-state index contributed by atoms with van der Waals surface area (Å²) in [6.45, 7) is 4.28. The van der Waals surface area contributed by atoms with E-state index in [2.05, 4.69) is 47.4 Å². The number of benzene rings is 1. The molecule has 3 nitrogen and oxygen atoms in total. The van der Waals surface area contributed by atoms with Crippen molar-refractivity contribution in [1.29, 1.82) is 0 Å². The fourth-order valence-corrected chi connectivity index (χ4v) is 3.28. The third-order valence-corrected chi connectivity index (χ3v) is 4.53. The average molecular weight is 273 g/mol. The molecule has 0 atom stereocenters. The number of hydrogen-bond acceptors (Lipinski definition) is 4. The molecule has 1 aliphatic heterocycles. The number of anilines is 2. The third-order valence-electron chi connectivity index (χ3n) is 3.52. The number of rotatable bonds is 4. The minimum absolute atomic E-state index is 0.988. The maximum atomic E-state index is 4.44. The van der Waals surface area contributed by atoms with E-state index in [4.69, 9.17) is 0 Å². The van der Waals surface area contributed by atoms with Gasteiger partial charge in [0, 0.05) is 32.0 Å². The Labute approximate surface area is 118 Å². The van der Waals surface area contributed by atoms with Crippen molar-refractivity contribution in [2.75, 3.05) is 30.4 Å². The van der Waals surface area contributed by atoms with Gasteiger partial charge < -0.3 is 10.2 Å². The van der Waals surface area contributed by atoms with Crippen LogP contribution in [0.25, 0.3) is 10.4 Å². The molecule has 3 rings (SSSR count). The van der Waals surface area contributed by atoms with E-state index in [0.29, 0.717) is 0 Å². The van der Waals surface area contributed by atoms with Crippen molar-refractivity contribution >= 4 is 22.2 Å². The van der Waals surface area contributed by atoms with E-state index in [1.54, 1.807) is 11.3 Å². The smallest absolute Gasteiger partial charge is 0.183 e. The highest BCUT2D eigenvalue weighted by Crippen LogP contribution is 2.34. The molecule has 0 fully saturated rings. The highest BCUT2D eigenvalue weighted by atomic mass is 32.1. The molecule has 0 aliphatic carbocycles. The number of hydrogen-bond donors (Lipinski definition) is 1. The van der Waals surface area contributed by atoms with Gasteiger partial charge in [-0.25, -0.2) is 4.98 Å². The molecule has 2 heterocycles. The predicted molar refractivity (Wildman–Crippen MR) is 83.3 cm³/mol. The van der Waals surface area contributed by atoms with Gasteiger partial charge in [0.25, 0.3) is 0 Å². The van der Waals surface area contributed by atoms with E-state index in [-0.39, 0.29) is 0 Å². The van der Waals surface area contributed by atoms with Gasteiger partial charge in [0.1, 0.15) is 0 Å². The van der Waals surface area contributed by atoms with Gasteiger partial charge in [-0.3, -0.25) is 0 Å². The molecule has 1 aromatic carbocycles. The minimum Gasteiger partial charge on any atom is -0.374 e. The highest BCUT2D eigenvalue weighted by molar-refractivity contribution is 7.18. The number of thiazole rings is 1. The lowest BCUT2D eigenvalue weighted by Gasteiger charge is -2.11. The first-order chi connectivity index (χ1) is 9.28. The number of nitrogens with one attached hydrogen (secondary N) is 1. The molecule has 2 aromatic rings. The van der Waals surface area contributed by atoms with Crippen molar-refractivity contribution in [1.82, 2.24) is 4.98 Å². The molecule has 4 heteroatoms. The van der Waals surface area contributed by atoms with Crippen LogP contribution in [0.1, 0.15) is 18.9 Å². The van der Waals surface area contributed by atoms with Crippen LogP contribution in [0.3, 0.4) is 0 Å². The van der Waals surface area contributed by atoms with Crippen molar-refractivity contribution in [2.45, 2.75) is 19.8 Å². The second-order valence-electron chi connectivity index (χ2n) is 4.97. The lowest BCUT2D eigenvalue weighted by molar-refractivity contribution is 0.956. The van der Waals surface area contributed by atoms with Crippen molar-refractivity contribution in [3.63, 3.8) is 0 Å². The first kappa shape index (κ1) is 12.5. The van der Waals surface area contributed by atoms with Crippen molar-refractivity contribution in [3.05, 3.63) is 30.0 Å². The van der Waals surface area contributed by atoms with E-state index < -0.39 is 0 Å². The highest BCUT2D eigenvalue weighted by Gasteiger charge is 2.16. The summed E-state index contributed by atoms with van der Waals surface area (Å²) >= 11 is 1.74. The summed E-state index contributed by atoms with van der Waals surface area (Å²) in [5.41, 5.74) is 4.12. The van der Waals surface area contributed by atoms with Crippen LogP contribution < -0.4 is 10.2 Å². The third kappa shape index (κ3) is 2.45. The largest absolute Gasteiger partial charge is 0.374 e. The summed E-state index contributed by atoms with van der Waals surface area (Å²) in [6, 6.07) is 6.75. The standard InChI is InChI=1S/C15H19N3S/c1-3-7-16-15-17-10-14(19-15)12-4-5-13-11(9-12)6-8-18(13)2/h4-5,9-10H,3,6-8H2,1-2H3,(H,16,17). The van der Waals surface area contributed by atoms with Gasteiger partial charge in [-0.2, -0.15) is 0 Å². The van der Waals surface area contributed by atoms with Crippen molar-refractivity contribution in [3.8, 4) is 10.4 Å². The van der Waals surface area contributed by atoms with Gasteiger partial charge in [0.2, 0.25) is 0 Å². The molecule has 0 saturated heterocycles. The normalized spacial score (nSPS) is 13.7. The van der Waals surface area contributed by atoms with Crippen LogP contribution in [0, 0.1) is 0 Å². The van der Waals surface area contributed by atoms with Gasteiger partial charge in [0.05, 0.1) is 4.88 Å². The topological polar surface area (TPSA) is 28.2 Å². The lowest BCUT2D eigenvalue weighted by Crippen LogP contribution is -2.12. The summed E-state index contributed by atoms with van der Waals surface area (Å²) in [5, 5.41) is 4.37. The molecule has 0 saturated carbocycles. The number of aromatic nitrogens is 1. The van der Waals surface area contributed by atoms with Crippen molar-refractivity contribution < 1.29 is 0 Å². The Morgan fingerprint density at radius 2 is 2.32 bits per heavy atom. The molecular weight excluding hydrogens is 254 g/mol. The number of likely N-dealkylation sites (N-methyl/N-ethyl adjacent to an activating group) is 1. The van der Waals surface area contributed by atoms with Crippen molar-refractivity contribution in [2.24, 2.45) is 0 Å². The fraction of sp³-hybridized carbons (Fsp3) is 0.400. The summed E-state index contributed by atoms with van der Waals surface area (Å²) in [7, 11) is 2.16. The van der Waals surface area contributed by atoms with Crippen LogP contribution in [-0.4, -0.2) is 25.1 Å². The van der Waals surface area contributed by atoms with Gasteiger partial charge in [-0.05, 0) is 36.1 Å². The first-order valence-electron chi connectivity index (χ1n) is 6.82. The van der Waals surface area contributed by atoms with Gasteiger partial charge in [-0.1, -0.05) is 24.3 Å². The maximum Gasteiger partial charge on any atom is 0.183 e. The first-order valence-corrected chi connectivity index (χ1v) is 7.63. The molecule has 1 aromatic heterocycles.